The highest BCUT2D eigenvalue weighted by molar-refractivity contribution is 7.20. The Morgan fingerprint density at radius 3 is 0.600 bits per heavy atom. The highest BCUT2D eigenvalue weighted by Crippen LogP contribution is 2.31. The van der Waals surface area contributed by atoms with E-state index in [0.717, 1.165) is 6.04 Å². The molecule has 0 unspecified atom stereocenters. The number of hydrogen-bond acceptors (Lipinski definition) is 0. The van der Waals surface area contributed by atoms with Gasteiger partial charge in [0.1, 0.15) is 52.7 Å². The molecular weight excluding hydrogens is 801 g/mol. The van der Waals surface area contributed by atoms with Crippen LogP contribution in [0.2, 0.25) is 0 Å². The molecule has 0 N–H and O–H groups in total. The van der Waals surface area contributed by atoms with Gasteiger partial charge in [0.25, 0.3) is 0 Å². The van der Waals surface area contributed by atoms with Gasteiger partial charge in [-0.1, -0.05) is 6.42 Å². The summed E-state index contributed by atoms with van der Waals surface area (Å²) < 4.78 is 295. The number of halogens is 20. The molecule has 55 heavy (non-hydrogen) atoms. The Labute approximate surface area is 296 Å². The molecule has 22 heteroatoms. The Balaban J connectivity index is 0.000000583. The van der Waals surface area contributed by atoms with Crippen molar-refractivity contribution in [3.63, 3.8) is 0 Å². The van der Waals surface area contributed by atoms with Crippen molar-refractivity contribution in [2.24, 2.45) is 0 Å². The summed E-state index contributed by atoms with van der Waals surface area (Å²) in [6.07, 6.45) is 0.0646. The third-order valence-corrected chi connectivity index (χ3v) is 9.38. The molecule has 1 fully saturated rings. The minimum Gasteiger partial charge on any atom is -0.328 e. The van der Waals surface area contributed by atoms with Gasteiger partial charge in [-0.15, -0.1) is 21.9 Å². The van der Waals surface area contributed by atoms with Gasteiger partial charge in [0.2, 0.25) is 0 Å². The molecule has 0 amide bonds. The van der Waals surface area contributed by atoms with Gasteiger partial charge in [-0.2, -0.15) is 0 Å². The Morgan fingerprint density at radius 2 is 0.455 bits per heavy atom. The monoisotopic (exact) mass is 821 g/mol. The highest BCUT2D eigenvalue weighted by atomic mass is 19.2. The van der Waals surface area contributed by atoms with Crippen LogP contribution in [0.4, 0.5) is 87.8 Å². The van der Waals surface area contributed by atoms with E-state index < -0.39 is 144 Å². The molecule has 4 aromatic rings. The van der Waals surface area contributed by atoms with Crippen molar-refractivity contribution in [1.82, 2.24) is 0 Å². The fourth-order valence-corrected chi connectivity index (χ4v) is 6.73. The SMILES string of the molecule is C[N+](C)(C)C1CCCCC1.Fc1c(F)c(F)c([B-](c2c(F)c(F)c(F)c(F)c2F)(c2c(F)c(F)c(F)c(F)c2F)c2c(F)c(F)c(F)c(F)c2F)c(F)c1F. The van der Waals surface area contributed by atoms with Gasteiger partial charge in [-0.3, -0.25) is 0 Å². The molecule has 0 heterocycles. The van der Waals surface area contributed by atoms with E-state index in [0.29, 0.717) is 0 Å². The maximum absolute atomic E-state index is 15.4. The van der Waals surface area contributed by atoms with Crippen LogP contribution in [0.3, 0.4) is 0 Å². The van der Waals surface area contributed by atoms with Crippen LogP contribution in [-0.4, -0.2) is 37.8 Å². The normalized spacial score (nSPS) is 14.0. The minimum absolute atomic E-state index is 0.939. The van der Waals surface area contributed by atoms with E-state index >= 15 is 35.1 Å². The van der Waals surface area contributed by atoms with E-state index in [2.05, 4.69) is 21.1 Å². The largest absolute Gasteiger partial charge is 0.328 e. The highest BCUT2D eigenvalue weighted by Gasteiger charge is 2.52. The van der Waals surface area contributed by atoms with Crippen molar-refractivity contribution >= 4 is 28.0 Å². The summed E-state index contributed by atoms with van der Waals surface area (Å²) >= 11 is 0. The van der Waals surface area contributed by atoms with Crippen molar-refractivity contribution in [3.05, 3.63) is 116 Å². The third-order valence-electron chi connectivity index (χ3n) is 9.38. The van der Waals surface area contributed by atoms with Crippen LogP contribution in [0.5, 0.6) is 0 Å². The van der Waals surface area contributed by atoms with Crippen LogP contribution < -0.4 is 21.9 Å². The van der Waals surface area contributed by atoms with Gasteiger partial charge in [0.15, 0.2) is 69.8 Å². The van der Waals surface area contributed by atoms with Gasteiger partial charge >= 0.3 is 0 Å². The molecule has 0 atom stereocenters. The summed E-state index contributed by atoms with van der Waals surface area (Å²) in [5.41, 5.74) is -14.3. The van der Waals surface area contributed by atoms with Gasteiger partial charge < -0.3 is 4.48 Å². The lowest BCUT2D eigenvalue weighted by molar-refractivity contribution is -0.897. The number of hydrogen-bond donors (Lipinski definition) is 0. The molecule has 0 radical (unpaired) electrons. The van der Waals surface area contributed by atoms with Crippen molar-refractivity contribution in [1.29, 1.82) is 0 Å². The fourth-order valence-electron chi connectivity index (χ4n) is 6.73. The Kier molecular flexibility index (Phi) is 12.0. The first kappa shape index (κ1) is 43.2. The van der Waals surface area contributed by atoms with E-state index in [1.165, 1.54) is 36.6 Å². The summed E-state index contributed by atoms with van der Waals surface area (Å²) in [7, 11) is 6.95. The molecule has 0 saturated heterocycles. The summed E-state index contributed by atoms with van der Waals surface area (Å²) in [6.45, 7) is 0. The summed E-state index contributed by atoms with van der Waals surface area (Å²) in [6, 6.07) is 0.939. The van der Waals surface area contributed by atoms with Gasteiger partial charge in [0.05, 0.1) is 27.2 Å². The van der Waals surface area contributed by atoms with Crippen molar-refractivity contribution in [2.45, 2.75) is 38.1 Å². The van der Waals surface area contributed by atoms with Gasteiger partial charge in [-0.05, 0) is 25.7 Å². The number of benzene rings is 4. The molecule has 4 aromatic carbocycles. The van der Waals surface area contributed by atoms with Crippen LogP contribution in [-0.2, 0) is 0 Å². The molecule has 0 spiro atoms. The third kappa shape index (κ3) is 6.66. The zero-order valence-electron chi connectivity index (χ0n) is 27.7. The van der Waals surface area contributed by atoms with E-state index in [-0.39, 0.29) is 0 Å². The summed E-state index contributed by atoms with van der Waals surface area (Å²) in [5.74, 6) is -71.4. The molecule has 1 aliphatic rings. The molecule has 1 nitrogen and oxygen atoms in total. The van der Waals surface area contributed by atoms with Crippen molar-refractivity contribution in [3.8, 4) is 0 Å². The minimum atomic E-state index is -7.22. The van der Waals surface area contributed by atoms with Crippen LogP contribution in [0, 0.1) is 116 Å². The average Bonchev–Trinajstić information content (AvgIpc) is 3.15. The molecule has 5 rings (SSSR count). The lowest BCUT2D eigenvalue weighted by atomic mass is 9.12. The van der Waals surface area contributed by atoms with Crippen LogP contribution >= 0.6 is 0 Å². The molecule has 1 saturated carbocycles. The molecular formula is C33H20BF20N. The predicted octanol–water partition coefficient (Wildman–Crippen LogP) is 7.87. The summed E-state index contributed by atoms with van der Waals surface area (Å²) in [4.78, 5) is 0. The molecule has 0 aromatic heterocycles. The molecule has 0 aliphatic heterocycles. The maximum Gasteiger partial charge on any atom is 0.200 e. The summed E-state index contributed by atoms with van der Waals surface area (Å²) in [5, 5.41) is 0. The standard InChI is InChI=1S/C24BF20.C9H20N/c26-5-1(6(27)14(35)21(42)13(5)34)25(2-7(28)15(36)22(43)16(37)8(2)29,3-9(30)17(38)23(44)18(39)10(3)31)4-11(32)19(40)24(45)20(41)12(4)33;1-10(2,3)9-7-5-4-6-8-9/h;9H,4-8H2,1-3H3/q-1;+1. The average molecular weight is 821 g/mol. The molecule has 1 aliphatic carbocycles. The van der Waals surface area contributed by atoms with E-state index in [9.17, 15) is 52.7 Å². The van der Waals surface area contributed by atoms with E-state index in [1.807, 2.05) is 0 Å². The Morgan fingerprint density at radius 1 is 0.291 bits per heavy atom. The van der Waals surface area contributed by atoms with Gasteiger partial charge in [-0.25, -0.2) is 87.8 Å². The van der Waals surface area contributed by atoms with Crippen LogP contribution in [0.25, 0.3) is 0 Å². The van der Waals surface area contributed by atoms with Crippen molar-refractivity contribution in [2.75, 3.05) is 21.1 Å². The van der Waals surface area contributed by atoms with Gasteiger partial charge in [0, 0.05) is 0 Å². The second-order valence-electron chi connectivity index (χ2n) is 13.2. The lowest BCUT2D eigenvalue weighted by Crippen LogP contribution is -2.81. The first-order chi connectivity index (χ1) is 25.3. The number of quaternary nitrogens is 1. The van der Waals surface area contributed by atoms with Crippen LogP contribution in [0.15, 0.2) is 0 Å². The van der Waals surface area contributed by atoms with Crippen molar-refractivity contribution < 1.29 is 92.3 Å². The zero-order valence-corrected chi connectivity index (χ0v) is 27.7. The predicted molar refractivity (Wildman–Crippen MR) is 154 cm³/mol. The number of nitrogens with zero attached hydrogens (tertiary/aromatic N) is 1. The van der Waals surface area contributed by atoms with Crippen LogP contribution in [0.1, 0.15) is 32.1 Å². The first-order valence-electron chi connectivity index (χ1n) is 15.4. The molecule has 0 bridgehead atoms. The lowest BCUT2D eigenvalue weighted by Gasteiger charge is -2.44. The zero-order chi connectivity index (χ0) is 42.0. The van der Waals surface area contributed by atoms with E-state index in [4.69, 9.17) is 0 Å². The topological polar surface area (TPSA) is 0 Å². The smallest absolute Gasteiger partial charge is 0.200 e. The maximum atomic E-state index is 15.4. The quantitative estimate of drug-likeness (QED) is 0.0633. The Bertz CT molecular complexity index is 1810. The number of rotatable bonds is 5. The molecule has 300 valence electrons. The second kappa shape index (κ2) is 15.2. The first-order valence-corrected chi connectivity index (χ1v) is 15.4. The fraction of sp³-hybridized carbons (Fsp3) is 0.273. The Hall–Kier alpha value is -4.50. The van der Waals surface area contributed by atoms with E-state index in [1.54, 1.807) is 0 Å². The second-order valence-corrected chi connectivity index (χ2v) is 13.2.